The minimum absolute atomic E-state index is 0.165. The standard InChI is InChI=1S/C52H39N/c1-4-33-28-29-34-16-14-22-41-38-20-10-13-26-45(38)52(49(33)48(34)41)44-25-12-9-19-37(44)40-31-30-36(32-46(40)52)53(35-17-6-5-7-18-35)47-27-15-23-42-39-21-8-11-24-43(39)51(2,3)50(42)47/h5-32H,4H2,1-3H3. The van der Waals surface area contributed by atoms with Crippen molar-refractivity contribution in [2.45, 2.75) is 38.0 Å². The first-order chi connectivity index (χ1) is 26.0. The van der Waals surface area contributed by atoms with Gasteiger partial charge in [0.05, 0.1) is 11.1 Å². The third kappa shape index (κ3) is 3.87. The van der Waals surface area contributed by atoms with Crippen LogP contribution < -0.4 is 4.90 Å². The Hall–Kier alpha value is -6.18. The average molecular weight is 678 g/mol. The lowest BCUT2D eigenvalue weighted by atomic mass is 9.60. The van der Waals surface area contributed by atoms with Gasteiger partial charge in [0.15, 0.2) is 0 Å². The highest BCUT2D eigenvalue weighted by molar-refractivity contribution is 6.08. The molecule has 1 heteroatoms. The van der Waals surface area contributed by atoms with E-state index < -0.39 is 5.41 Å². The lowest BCUT2D eigenvalue weighted by Crippen LogP contribution is -2.33. The Morgan fingerprint density at radius 2 is 1.02 bits per heavy atom. The molecule has 0 N–H and O–H groups in total. The Morgan fingerprint density at radius 3 is 1.75 bits per heavy atom. The van der Waals surface area contributed by atoms with Gasteiger partial charge in [0.25, 0.3) is 0 Å². The van der Waals surface area contributed by atoms with Gasteiger partial charge in [-0.2, -0.15) is 0 Å². The van der Waals surface area contributed by atoms with Crippen LogP contribution in [0.5, 0.6) is 0 Å². The zero-order valence-corrected chi connectivity index (χ0v) is 30.3. The van der Waals surface area contributed by atoms with Crippen molar-refractivity contribution in [3.63, 3.8) is 0 Å². The number of benzene rings is 8. The first-order valence-electron chi connectivity index (χ1n) is 19.0. The summed E-state index contributed by atoms with van der Waals surface area (Å²) < 4.78 is 0. The summed E-state index contributed by atoms with van der Waals surface area (Å²) in [5.74, 6) is 0. The summed E-state index contributed by atoms with van der Waals surface area (Å²) in [6, 6.07) is 64.1. The van der Waals surface area contributed by atoms with E-state index in [2.05, 4.69) is 196 Å². The molecule has 8 aromatic carbocycles. The van der Waals surface area contributed by atoms with E-state index in [4.69, 9.17) is 0 Å². The molecule has 1 spiro atoms. The lowest BCUT2D eigenvalue weighted by molar-refractivity contribution is 0.661. The molecular formula is C52H39N. The van der Waals surface area contributed by atoms with Crippen molar-refractivity contribution in [3.8, 4) is 33.4 Å². The Balaban J connectivity index is 1.25. The van der Waals surface area contributed by atoms with Crippen molar-refractivity contribution < 1.29 is 0 Å². The van der Waals surface area contributed by atoms with Crippen LogP contribution in [0.2, 0.25) is 0 Å². The topological polar surface area (TPSA) is 3.24 Å². The minimum atomic E-state index is -0.478. The second-order valence-corrected chi connectivity index (χ2v) is 15.5. The van der Waals surface area contributed by atoms with E-state index in [1.165, 1.54) is 94.5 Å². The summed E-state index contributed by atoms with van der Waals surface area (Å²) in [5, 5.41) is 2.69. The predicted molar refractivity (Wildman–Crippen MR) is 222 cm³/mol. The fourth-order valence-electron chi connectivity index (χ4n) is 10.5. The molecule has 0 aromatic heterocycles. The van der Waals surface area contributed by atoms with E-state index in [0.29, 0.717) is 0 Å². The highest BCUT2D eigenvalue weighted by Crippen LogP contribution is 2.63. The summed E-state index contributed by atoms with van der Waals surface area (Å²) in [5.41, 5.74) is 20.6. The van der Waals surface area contributed by atoms with E-state index in [0.717, 1.165) is 12.1 Å². The molecule has 0 bridgehead atoms. The van der Waals surface area contributed by atoms with Gasteiger partial charge in [-0.05, 0) is 120 Å². The molecule has 0 saturated carbocycles. The number of nitrogens with zero attached hydrogens (tertiary/aromatic N) is 1. The van der Waals surface area contributed by atoms with E-state index in [1.54, 1.807) is 0 Å². The summed E-state index contributed by atoms with van der Waals surface area (Å²) in [6.07, 6.45) is 0.961. The summed E-state index contributed by atoms with van der Waals surface area (Å²) >= 11 is 0. The lowest BCUT2D eigenvalue weighted by Gasteiger charge is -2.41. The maximum absolute atomic E-state index is 2.54. The fraction of sp³-hybridized carbons (Fsp3) is 0.115. The second kappa shape index (κ2) is 10.9. The van der Waals surface area contributed by atoms with Gasteiger partial charge < -0.3 is 4.90 Å². The third-order valence-corrected chi connectivity index (χ3v) is 12.6. The Kier molecular flexibility index (Phi) is 6.27. The monoisotopic (exact) mass is 677 g/mol. The summed E-state index contributed by atoms with van der Waals surface area (Å²) in [6.45, 7) is 7.10. The van der Waals surface area contributed by atoms with E-state index in [9.17, 15) is 0 Å². The molecule has 1 atom stereocenters. The van der Waals surface area contributed by atoms with Gasteiger partial charge in [0.2, 0.25) is 0 Å². The van der Waals surface area contributed by atoms with Gasteiger partial charge >= 0.3 is 0 Å². The molecule has 11 rings (SSSR count). The van der Waals surface area contributed by atoms with Gasteiger partial charge in [-0.15, -0.1) is 0 Å². The molecule has 0 saturated heterocycles. The first-order valence-corrected chi connectivity index (χ1v) is 19.0. The predicted octanol–water partition coefficient (Wildman–Crippen LogP) is 13.5. The molecule has 53 heavy (non-hydrogen) atoms. The largest absolute Gasteiger partial charge is 0.310 e. The molecule has 0 heterocycles. The van der Waals surface area contributed by atoms with Gasteiger partial charge in [-0.1, -0.05) is 160 Å². The van der Waals surface area contributed by atoms with Crippen LogP contribution in [-0.4, -0.2) is 0 Å². The number of para-hydroxylation sites is 1. The van der Waals surface area contributed by atoms with Crippen LogP contribution in [0.15, 0.2) is 170 Å². The van der Waals surface area contributed by atoms with Gasteiger partial charge in [-0.25, -0.2) is 0 Å². The Morgan fingerprint density at radius 1 is 0.434 bits per heavy atom. The molecule has 0 amide bonds. The van der Waals surface area contributed by atoms with Crippen molar-refractivity contribution in [2.24, 2.45) is 0 Å². The van der Waals surface area contributed by atoms with Crippen LogP contribution in [0.1, 0.15) is 59.7 Å². The highest BCUT2D eigenvalue weighted by Gasteiger charge is 2.51. The number of rotatable bonds is 4. The van der Waals surface area contributed by atoms with Gasteiger partial charge in [-0.3, -0.25) is 0 Å². The molecule has 1 nitrogen and oxygen atoms in total. The quantitative estimate of drug-likeness (QED) is 0.179. The second-order valence-electron chi connectivity index (χ2n) is 15.5. The molecule has 1 unspecified atom stereocenters. The van der Waals surface area contributed by atoms with Gasteiger partial charge in [0.1, 0.15) is 0 Å². The number of aryl methyl sites for hydroxylation is 1. The van der Waals surface area contributed by atoms with Crippen molar-refractivity contribution in [3.05, 3.63) is 209 Å². The summed E-state index contributed by atoms with van der Waals surface area (Å²) in [4.78, 5) is 2.52. The molecule has 0 radical (unpaired) electrons. The molecule has 0 fully saturated rings. The van der Waals surface area contributed by atoms with Crippen molar-refractivity contribution >= 4 is 27.8 Å². The van der Waals surface area contributed by atoms with Crippen molar-refractivity contribution in [1.29, 1.82) is 0 Å². The smallest absolute Gasteiger partial charge is 0.0729 e. The fourth-order valence-corrected chi connectivity index (χ4v) is 10.5. The first kappa shape index (κ1) is 30.4. The zero-order chi connectivity index (χ0) is 35.5. The maximum Gasteiger partial charge on any atom is 0.0729 e. The number of hydrogen-bond donors (Lipinski definition) is 0. The number of anilines is 3. The molecule has 252 valence electrons. The molecule has 8 aromatic rings. The molecule has 0 aliphatic heterocycles. The van der Waals surface area contributed by atoms with Crippen LogP contribution in [0, 0.1) is 0 Å². The molecule has 3 aliphatic rings. The van der Waals surface area contributed by atoms with Gasteiger partial charge in [0, 0.05) is 16.8 Å². The van der Waals surface area contributed by atoms with Crippen LogP contribution >= 0.6 is 0 Å². The number of fused-ring (bicyclic) bond motifs is 12. The zero-order valence-electron chi connectivity index (χ0n) is 30.3. The van der Waals surface area contributed by atoms with Crippen molar-refractivity contribution in [2.75, 3.05) is 4.90 Å². The van der Waals surface area contributed by atoms with E-state index >= 15 is 0 Å². The normalized spacial score (nSPS) is 16.5. The summed E-state index contributed by atoms with van der Waals surface area (Å²) in [7, 11) is 0. The van der Waals surface area contributed by atoms with Crippen LogP contribution in [0.4, 0.5) is 17.1 Å². The van der Waals surface area contributed by atoms with Crippen LogP contribution in [0.25, 0.3) is 44.2 Å². The van der Waals surface area contributed by atoms with E-state index in [1.807, 2.05) is 0 Å². The average Bonchev–Trinajstić information content (AvgIpc) is 3.63. The third-order valence-electron chi connectivity index (χ3n) is 12.6. The SMILES string of the molecule is CCc1ccc2cccc3c2c1C1(c2ccccc2-c2ccc(N(c4ccccc4)c4cccc5c4C(C)(C)c4ccccc4-5)cc21)c1ccccc1-3. The number of hydrogen-bond acceptors (Lipinski definition) is 1. The Labute approximate surface area is 311 Å². The Bertz CT molecular complexity index is 2810. The van der Waals surface area contributed by atoms with Crippen LogP contribution in [0.3, 0.4) is 0 Å². The molecular weight excluding hydrogens is 639 g/mol. The highest BCUT2D eigenvalue weighted by atomic mass is 15.1. The maximum atomic E-state index is 2.54. The van der Waals surface area contributed by atoms with E-state index in [-0.39, 0.29) is 5.41 Å². The molecule has 3 aliphatic carbocycles. The minimum Gasteiger partial charge on any atom is -0.310 e. The van der Waals surface area contributed by atoms with Crippen molar-refractivity contribution in [1.82, 2.24) is 0 Å². The van der Waals surface area contributed by atoms with Crippen LogP contribution in [-0.2, 0) is 17.3 Å².